The molecule has 1 fully saturated rings. The second-order valence-corrected chi connectivity index (χ2v) is 7.91. The second kappa shape index (κ2) is 5.47. The third-order valence-corrected chi connectivity index (χ3v) is 5.51. The fraction of sp³-hybridized carbons (Fsp3) is 1.00. The summed E-state index contributed by atoms with van der Waals surface area (Å²) in [6, 6.07) is 0. The molecule has 1 N–H and O–H groups in total. The quantitative estimate of drug-likeness (QED) is 0.695. The van der Waals surface area contributed by atoms with Crippen molar-refractivity contribution < 1.29 is 8.42 Å². The maximum atomic E-state index is 11.5. The van der Waals surface area contributed by atoms with E-state index in [0.29, 0.717) is 6.54 Å². The lowest BCUT2D eigenvalue weighted by Gasteiger charge is -2.23. The van der Waals surface area contributed by atoms with Crippen LogP contribution in [0.5, 0.6) is 0 Å². The Morgan fingerprint density at radius 2 is 1.81 bits per heavy atom. The second-order valence-electron chi connectivity index (χ2n) is 5.26. The van der Waals surface area contributed by atoms with E-state index < -0.39 is 14.6 Å². The molecule has 1 aliphatic rings. The predicted molar refractivity (Wildman–Crippen MR) is 67.5 cm³/mol. The molecule has 0 bridgehead atoms. The summed E-state index contributed by atoms with van der Waals surface area (Å²) < 4.78 is 22.2. The van der Waals surface area contributed by atoms with Gasteiger partial charge in [0.05, 0.1) is 4.75 Å². The molecule has 1 rings (SSSR count). The van der Waals surface area contributed by atoms with Gasteiger partial charge in [-0.3, -0.25) is 0 Å². The van der Waals surface area contributed by atoms with Crippen LogP contribution in [-0.2, 0) is 9.84 Å². The van der Waals surface area contributed by atoms with E-state index in [2.05, 4.69) is 10.2 Å². The van der Waals surface area contributed by atoms with Gasteiger partial charge in [0.2, 0.25) is 0 Å². The van der Waals surface area contributed by atoms with Gasteiger partial charge in [-0.1, -0.05) is 0 Å². The summed E-state index contributed by atoms with van der Waals surface area (Å²) in [7, 11) is -2.98. The van der Waals surface area contributed by atoms with E-state index >= 15 is 0 Å². The molecule has 0 radical (unpaired) electrons. The molecule has 0 amide bonds. The molecule has 1 saturated heterocycles. The van der Waals surface area contributed by atoms with Crippen LogP contribution in [0.3, 0.4) is 0 Å². The molecule has 0 aliphatic carbocycles. The lowest BCUT2D eigenvalue weighted by molar-refractivity contribution is 0.333. The molecule has 1 heterocycles. The number of nitrogens with one attached hydrogen (secondary N) is 1. The molecule has 5 heteroatoms. The van der Waals surface area contributed by atoms with E-state index in [-0.39, 0.29) is 0 Å². The monoisotopic (exact) mass is 248 g/mol. The minimum absolute atomic E-state index is 0.527. The number of hydrogen-bond donors (Lipinski definition) is 1. The first kappa shape index (κ1) is 13.9. The van der Waals surface area contributed by atoms with Gasteiger partial charge < -0.3 is 10.2 Å². The van der Waals surface area contributed by atoms with Crippen LogP contribution in [0.25, 0.3) is 0 Å². The van der Waals surface area contributed by atoms with E-state index in [4.69, 9.17) is 0 Å². The standard InChI is InChI=1S/C11H24N2O2S/c1-11(2,16(3,14)15)10-12-6-9-13-7-4-5-8-13/h12H,4-10H2,1-3H3. The molecule has 4 nitrogen and oxygen atoms in total. The number of likely N-dealkylation sites (tertiary alicyclic amines) is 1. The predicted octanol–water partition coefficient (Wildman–Crippen LogP) is 0.495. The summed E-state index contributed by atoms with van der Waals surface area (Å²) in [6.07, 6.45) is 3.90. The summed E-state index contributed by atoms with van der Waals surface area (Å²) in [5.74, 6) is 0. The van der Waals surface area contributed by atoms with Crippen LogP contribution in [0.15, 0.2) is 0 Å². The summed E-state index contributed by atoms with van der Waals surface area (Å²) >= 11 is 0. The summed E-state index contributed by atoms with van der Waals surface area (Å²) in [4.78, 5) is 2.42. The van der Waals surface area contributed by atoms with Crippen LogP contribution in [0.4, 0.5) is 0 Å². The molecule has 16 heavy (non-hydrogen) atoms. The zero-order valence-corrected chi connectivity index (χ0v) is 11.4. The maximum absolute atomic E-state index is 11.5. The van der Waals surface area contributed by atoms with Crippen LogP contribution < -0.4 is 5.32 Å². The van der Waals surface area contributed by atoms with Gasteiger partial charge >= 0.3 is 0 Å². The molecule has 96 valence electrons. The van der Waals surface area contributed by atoms with E-state index in [9.17, 15) is 8.42 Å². The van der Waals surface area contributed by atoms with E-state index in [1.807, 2.05) is 0 Å². The van der Waals surface area contributed by atoms with Gasteiger partial charge in [0.15, 0.2) is 9.84 Å². The van der Waals surface area contributed by atoms with Crippen LogP contribution in [0.2, 0.25) is 0 Å². The highest BCUT2D eigenvalue weighted by Crippen LogP contribution is 2.13. The lowest BCUT2D eigenvalue weighted by atomic mass is 10.2. The van der Waals surface area contributed by atoms with E-state index in [1.54, 1.807) is 13.8 Å². The first-order valence-corrected chi connectivity index (χ1v) is 7.85. The van der Waals surface area contributed by atoms with Crippen molar-refractivity contribution in [1.82, 2.24) is 10.2 Å². The van der Waals surface area contributed by atoms with Crippen LogP contribution >= 0.6 is 0 Å². The Kier molecular flexibility index (Phi) is 4.76. The first-order valence-electron chi connectivity index (χ1n) is 5.96. The largest absolute Gasteiger partial charge is 0.314 e. The molecule has 1 aliphatic heterocycles. The van der Waals surface area contributed by atoms with E-state index in [1.165, 1.54) is 32.2 Å². The van der Waals surface area contributed by atoms with Gasteiger partial charge in [0.25, 0.3) is 0 Å². The normalized spacial score (nSPS) is 19.2. The minimum atomic E-state index is -2.98. The van der Waals surface area contributed by atoms with Crippen molar-refractivity contribution in [2.45, 2.75) is 31.4 Å². The zero-order chi connectivity index (χ0) is 12.2. The molecule has 0 aromatic rings. The molecular formula is C11H24N2O2S. The van der Waals surface area contributed by atoms with Gasteiger partial charge in [-0.2, -0.15) is 0 Å². The lowest BCUT2D eigenvalue weighted by Crippen LogP contribution is -2.43. The fourth-order valence-electron chi connectivity index (χ4n) is 1.76. The molecule has 0 aromatic carbocycles. The summed E-state index contributed by atoms with van der Waals surface area (Å²) in [5.41, 5.74) is 0. The average Bonchev–Trinajstić information content (AvgIpc) is 2.63. The van der Waals surface area contributed by atoms with Gasteiger partial charge in [-0.05, 0) is 39.8 Å². The minimum Gasteiger partial charge on any atom is -0.314 e. The average molecular weight is 248 g/mol. The number of sulfone groups is 1. The highest BCUT2D eigenvalue weighted by molar-refractivity contribution is 7.92. The maximum Gasteiger partial charge on any atom is 0.153 e. The molecule has 0 spiro atoms. The molecular weight excluding hydrogens is 224 g/mol. The van der Waals surface area contributed by atoms with Crippen molar-refractivity contribution in [2.24, 2.45) is 0 Å². The van der Waals surface area contributed by atoms with Crippen molar-refractivity contribution in [2.75, 3.05) is 39.0 Å². The number of hydrogen-bond acceptors (Lipinski definition) is 4. The zero-order valence-electron chi connectivity index (χ0n) is 10.6. The Morgan fingerprint density at radius 1 is 1.25 bits per heavy atom. The molecule has 0 saturated carbocycles. The Labute approximate surface area is 99.3 Å². The smallest absolute Gasteiger partial charge is 0.153 e. The van der Waals surface area contributed by atoms with Crippen molar-refractivity contribution in [3.8, 4) is 0 Å². The summed E-state index contributed by atoms with van der Waals surface area (Å²) in [5, 5.41) is 3.24. The summed E-state index contributed by atoms with van der Waals surface area (Å²) in [6.45, 7) is 8.35. The van der Waals surface area contributed by atoms with Gasteiger partial charge in [0, 0.05) is 25.9 Å². The third-order valence-electron chi connectivity index (χ3n) is 3.36. The van der Waals surface area contributed by atoms with Crippen LogP contribution in [0.1, 0.15) is 26.7 Å². The SMILES string of the molecule is CC(C)(CNCCN1CCCC1)S(C)(=O)=O. The van der Waals surface area contributed by atoms with Gasteiger partial charge in [-0.15, -0.1) is 0 Å². The molecule has 0 atom stereocenters. The first-order chi connectivity index (χ1) is 7.33. The fourth-order valence-corrected chi connectivity index (χ4v) is 2.13. The van der Waals surface area contributed by atoms with Crippen LogP contribution in [0, 0.1) is 0 Å². The Morgan fingerprint density at radius 3 is 2.31 bits per heavy atom. The highest BCUT2D eigenvalue weighted by atomic mass is 32.2. The Hall–Kier alpha value is -0.130. The van der Waals surface area contributed by atoms with Crippen molar-refractivity contribution in [3.63, 3.8) is 0 Å². The van der Waals surface area contributed by atoms with Gasteiger partial charge in [-0.25, -0.2) is 8.42 Å². The topological polar surface area (TPSA) is 49.4 Å². The van der Waals surface area contributed by atoms with E-state index in [0.717, 1.165) is 13.1 Å². The van der Waals surface area contributed by atoms with Crippen molar-refractivity contribution >= 4 is 9.84 Å². The van der Waals surface area contributed by atoms with Crippen molar-refractivity contribution in [3.05, 3.63) is 0 Å². The Bertz CT molecular complexity index is 306. The number of nitrogens with zero attached hydrogens (tertiary/aromatic N) is 1. The van der Waals surface area contributed by atoms with Crippen LogP contribution in [-0.4, -0.2) is 57.0 Å². The molecule has 0 aromatic heterocycles. The van der Waals surface area contributed by atoms with Crippen molar-refractivity contribution in [1.29, 1.82) is 0 Å². The number of rotatable bonds is 6. The Balaban J connectivity index is 2.19. The third kappa shape index (κ3) is 4.03. The highest BCUT2D eigenvalue weighted by Gasteiger charge is 2.29. The molecule has 0 unspecified atom stereocenters. The van der Waals surface area contributed by atoms with Gasteiger partial charge in [0.1, 0.15) is 0 Å².